The number of nitrogens with one attached hydrogen (secondary N) is 2. The highest BCUT2D eigenvalue weighted by Gasteiger charge is 2.22. The number of carbonyl (C=O) groups is 1. The van der Waals surface area contributed by atoms with E-state index in [-0.39, 0.29) is 24.4 Å². The van der Waals surface area contributed by atoms with Crippen LogP contribution in [0.4, 0.5) is 0 Å². The molecule has 1 aliphatic rings. The van der Waals surface area contributed by atoms with Gasteiger partial charge >= 0.3 is 0 Å². The van der Waals surface area contributed by atoms with Crippen molar-refractivity contribution in [2.45, 2.75) is 19.5 Å². The van der Waals surface area contributed by atoms with E-state index in [0.717, 1.165) is 23.1 Å². The molecule has 0 aliphatic carbocycles. The maximum absolute atomic E-state index is 11.6. The first kappa shape index (κ1) is 13.3. The molecule has 1 aromatic heterocycles. The molecule has 0 bridgehead atoms. The molecule has 16 heavy (non-hydrogen) atoms. The Morgan fingerprint density at radius 2 is 2.62 bits per heavy atom. The number of oxazole rings is 1. The van der Waals surface area contributed by atoms with Gasteiger partial charge in [0, 0.05) is 11.6 Å². The summed E-state index contributed by atoms with van der Waals surface area (Å²) in [5.41, 5.74) is 0.786. The average molecular weight is 264 g/mol. The number of carbonyl (C=O) groups excluding carboxylic acids is 1. The van der Waals surface area contributed by atoms with Crippen molar-refractivity contribution in [3.63, 3.8) is 0 Å². The summed E-state index contributed by atoms with van der Waals surface area (Å²) < 4.78 is 5.04. The van der Waals surface area contributed by atoms with Crippen molar-refractivity contribution in [2.24, 2.45) is 0 Å². The molecule has 0 saturated carbocycles. The van der Waals surface area contributed by atoms with Crippen LogP contribution in [0.1, 0.15) is 11.5 Å². The lowest BCUT2D eigenvalue weighted by atomic mass is 10.3. The second kappa shape index (κ2) is 6.12. The molecule has 0 spiro atoms. The van der Waals surface area contributed by atoms with E-state index in [1.54, 1.807) is 11.8 Å². The van der Waals surface area contributed by atoms with Crippen molar-refractivity contribution in [2.75, 3.05) is 11.6 Å². The van der Waals surface area contributed by atoms with Gasteiger partial charge in [-0.3, -0.25) is 10.1 Å². The molecule has 7 heteroatoms. The van der Waals surface area contributed by atoms with E-state index in [1.807, 2.05) is 6.92 Å². The van der Waals surface area contributed by atoms with E-state index >= 15 is 0 Å². The van der Waals surface area contributed by atoms with Gasteiger partial charge in [-0.25, -0.2) is 4.98 Å². The monoisotopic (exact) mass is 263 g/mol. The smallest absolute Gasteiger partial charge is 0.238 e. The number of halogens is 1. The summed E-state index contributed by atoms with van der Waals surface area (Å²) in [5, 5.41) is 5.94. The quantitative estimate of drug-likeness (QED) is 0.840. The number of thioether (sulfide) groups is 1. The van der Waals surface area contributed by atoms with Crippen LogP contribution in [0, 0.1) is 6.92 Å². The van der Waals surface area contributed by atoms with Crippen LogP contribution in [-0.4, -0.2) is 28.6 Å². The fraction of sp³-hybridized carbons (Fsp3) is 0.556. The third-order valence-corrected chi connectivity index (χ3v) is 3.25. The highest BCUT2D eigenvalue weighted by Crippen LogP contribution is 2.10. The molecular weight excluding hydrogens is 250 g/mol. The Hall–Kier alpha value is -0.720. The number of aryl methyl sites for hydroxylation is 1. The van der Waals surface area contributed by atoms with Crippen molar-refractivity contribution in [3.05, 3.63) is 17.8 Å². The van der Waals surface area contributed by atoms with E-state index < -0.39 is 0 Å². The zero-order valence-corrected chi connectivity index (χ0v) is 10.5. The summed E-state index contributed by atoms with van der Waals surface area (Å²) in [4.78, 5) is 15.6. The van der Waals surface area contributed by atoms with E-state index in [9.17, 15) is 4.79 Å². The number of nitrogens with zero attached hydrogens (tertiary/aromatic N) is 1. The molecule has 1 unspecified atom stereocenters. The summed E-state index contributed by atoms with van der Waals surface area (Å²) >= 11 is 1.73. The molecule has 2 N–H and O–H groups in total. The second-order valence-corrected chi connectivity index (χ2v) is 4.38. The van der Waals surface area contributed by atoms with Gasteiger partial charge < -0.3 is 9.73 Å². The van der Waals surface area contributed by atoms with E-state index in [0.29, 0.717) is 6.54 Å². The minimum Gasteiger partial charge on any atom is -0.448 e. The van der Waals surface area contributed by atoms with Crippen LogP contribution >= 0.6 is 24.2 Å². The fourth-order valence-electron chi connectivity index (χ4n) is 1.36. The largest absolute Gasteiger partial charge is 0.448 e. The summed E-state index contributed by atoms with van der Waals surface area (Å²) in [6.07, 6.45) is 1.39. The first-order chi connectivity index (χ1) is 7.27. The van der Waals surface area contributed by atoms with Gasteiger partial charge in [-0.2, -0.15) is 0 Å². The van der Waals surface area contributed by atoms with Crippen LogP contribution in [0.2, 0.25) is 0 Å². The average Bonchev–Trinajstić information content (AvgIpc) is 2.85. The summed E-state index contributed by atoms with van der Waals surface area (Å²) in [6.45, 7) is 2.27. The Morgan fingerprint density at radius 3 is 3.19 bits per heavy atom. The van der Waals surface area contributed by atoms with Gasteiger partial charge in [0.15, 0.2) is 6.39 Å². The van der Waals surface area contributed by atoms with Gasteiger partial charge in [0.25, 0.3) is 0 Å². The topological polar surface area (TPSA) is 67.2 Å². The van der Waals surface area contributed by atoms with Crippen molar-refractivity contribution in [1.82, 2.24) is 15.6 Å². The number of hydrogen-bond donors (Lipinski definition) is 2. The second-order valence-electron chi connectivity index (χ2n) is 3.34. The van der Waals surface area contributed by atoms with Gasteiger partial charge in [0.2, 0.25) is 5.91 Å². The highest BCUT2D eigenvalue weighted by molar-refractivity contribution is 7.99. The van der Waals surface area contributed by atoms with Crippen LogP contribution in [0.3, 0.4) is 0 Å². The fourth-order valence-corrected chi connectivity index (χ4v) is 2.30. The normalized spacial score (nSPS) is 19.2. The van der Waals surface area contributed by atoms with Gasteiger partial charge in [0.05, 0.1) is 12.6 Å². The molecule has 2 heterocycles. The SMILES string of the molecule is Cc1ocnc1CNC(=O)C1CSCN1.Cl. The molecular formula is C9H14ClN3O2S. The zero-order chi connectivity index (χ0) is 10.7. The Labute approximate surface area is 104 Å². The molecule has 1 amide bonds. The number of hydrogen-bond acceptors (Lipinski definition) is 5. The van der Waals surface area contributed by atoms with Crippen LogP contribution in [-0.2, 0) is 11.3 Å². The van der Waals surface area contributed by atoms with Crippen LogP contribution in [0.5, 0.6) is 0 Å². The standard InChI is InChI=1S/C9H13N3O2S.ClH/c1-6-7(11-4-14-6)2-10-9(13)8-3-15-5-12-8;/h4,8,12H,2-3,5H2,1H3,(H,10,13);1H. The molecule has 1 atom stereocenters. The third kappa shape index (κ3) is 3.13. The number of aromatic nitrogens is 1. The molecule has 0 aromatic carbocycles. The van der Waals surface area contributed by atoms with Crippen LogP contribution < -0.4 is 10.6 Å². The van der Waals surface area contributed by atoms with Crippen LogP contribution in [0.25, 0.3) is 0 Å². The molecule has 0 radical (unpaired) electrons. The Balaban J connectivity index is 0.00000128. The highest BCUT2D eigenvalue weighted by atomic mass is 35.5. The predicted molar refractivity (Wildman–Crippen MR) is 64.6 cm³/mol. The van der Waals surface area contributed by atoms with Crippen molar-refractivity contribution < 1.29 is 9.21 Å². The zero-order valence-electron chi connectivity index (χ0n) is 8.86. The summed E-state index contributed by atoms with van der Waals surface area (Å²) in [5.74, 6) is 2.47. The molecule has 5 nitrogen and oxygen atoms in total. The third-order valence-electron chi connectivity index (χ3n) is 2.31. The van der Waals surface area contributed by atoms with Gasteiger partial charge in [-0.15, -0.1) is 24.2 Å². The van der Waals surface area contributed by atoms with Crippen LogP contribution in [0.15, 0.2) is 10.8 Å². The first-order valence-electron chi connectivity index (χ1n) is 4.75. The van der Waals surface area contributed by atoms with Crippen molar-refractivity contribution in [3.8, 4) is 0 Å². The van der Waals surface area contributed by atoms with Gasteiger partial charge in [-0.1, -0.05) is 0 Å². The minimum atomic E-state index is -0.0674. The Kier molecular flexibility index (Phi) is 5.11. The van der Waals surface area contributed by atoms with E-state index in [2.05, 4.69) is 15.6 Å². The summed E-state index contributed by atoms with van der Waals surface area (Å²) in [6, 6.07) is -0.0674. The number of amides is 1. The maximum atomic E-state index is 11.6. The molecule has 1 saturated heterocycles. The van der Waals surface area contributed by atoms with Gasteiger partial charge in [-0.05, 0) is 6.92 Å². The lowest BCUT2D eigenvalue weighted by molar-refractivity contribution is -0.122. The predicted octanol–water partition coefficient (Wildman–Crippen LogP) is 0.684. The lowest BCUT2D eigenvalue weighted by Gasteiger charge is -2.09. The first-order valence-corrected chi connectivity index (χ1v) is 5.90. The molecule has 90 valence electrons. The summed E-state index contributed by atoms with van der Waals surface area (Å²) in [7, 11) is 0. The molecule has 1 aliphatic heterocycles. The van der Waals surface area contributed by atoms with E-state index in [1.165, 1.54) is 6.39 Å². The van der Waals surface area contributed by atoms with Crippen molar-refractivity contribution >= 4 is 30.1 Å². The Morgan fingerprint density at radius 1 is 1.81 bits per heavy atom. The van der Waals surface area contributed by atoms with Crippen molar-refractivity contribution in [1.29, 1.82) is 0 Å². The molecule has 2 rings (SSSR count). The lowest BCUT2D eigenvalue weighted by Crippen LogP contribution is -2.41. The molecule has 1 aromatic rings. The Bertz CT molecular complexity index is 352. The van der Waals surface area contributed by atoms with E-state index in [4.69, 9.17) is 4.42 Å². The number of rotatable bonds is 3. The van der Waals surface area contributed by atoms with Gasteiger partial charge in [0.1, 0.15) is 11.5 Å². The maximum Gasteiger partial charge on any atom is 0.238 e. The minimum absolute atomic E-state index is 0. The molecule has 1 fully saturated rings.